The molecule has 1 aliphatic rings. The van der Waals surface area contributed by atoms with Crippen LogP contribution in [0.1, 0.15) is 41.5 Å². The lowest BCUT2D eigenvalue weighted by molar-refractivity contribution is 0.0943. The molecule has 3 aromatic rings. The van der Waals surface area contributed by atoms with Gasteiger partial charge in [0.1, 0.15) is 5.82 Å². The summed E-state index contributed by atoms with van der Waals surface area (Å²) in [5, 5.41) is 8.74. The van der Waals surface area contributed by atoms with Gasteiger partial charge in [-0.25, -0.2) is 4.98 Å². The largest absolute Gasteiger partial charge is 0.355 e. The standard InChI is InChI=1S/C19H23N5O2S/c25-19(15-11-16(26-23-15)17-5-4-10-27-17)22-6-2-1-3-9-24-12-14(13-24)18-20-7-8-21-18/h4-5,7-8,10-11,14H,1-3,6,9,12-13H2,(H,20,21)(H,22,25). The van der Waals surface area contributed by atoms with E-state index in [1.54, 1.807) is 17.4 Å². The van der Waals surface area contributed by atoms with Gasteiger partial charge in [-0.3, -0.25) is 4.79 Å². The Morgan fingerprint density at radius 3 is 3.07 bits per heavy atom. The molecule has 1 amide bonds. The van der Waals surface area contributed by atoms with Gasteiger partial charge in [0, 0.05) is 44.0 Å². The Morgan fingerprint density at radius 1 is 1.37 bits per heavy atom. The molecule has 0 radical (unpaired) electrons. The third-order valence-electron chi connectivity index (χ3n) is 4.81. The van der Waals surface area contributed by atoms with Gasteiger partial charge >= 0.3 is 0 Å². The number of nitrogens with one attached hydrogen (secondary N) is 2. The van der Waals surface area contributed by atoms with Gasteiger partial charge in [-0.15, -0.1) is 11.3 Å². The Balaban J connectivity index is 1.08. The van der Waals surface area contributed by atoms with Crippen molar-refractivity contribution < 1.29 is 9.32 Å². The van der Waals surface area contributed by atoms with Crippen LogP contribution in [0.25, 0.3) is 10.6 Å². The summed E-state index contributed by atoms with van der Waals surface area (Å²) in [6.07, 6.45) is 6.91. The van der Waals surface area contributed by atoms with Gasteiger partial charge in [0.2, 0.25) is 0 Å². The Kier molecular flexibility index (Phi) is 5.64. The number of unbranched alkanes of at least 4 members (excludes halogenated alkanes) is 2. The fourth-order valence-corrected chi connectivity index (χ4v) is 3.95. The summed E-state index contributed by atoms with van der Waals surface area (Å²) < 4.78 is 5.24. The average Bonchev–Trinajstić information content (AvgIpc) is 3.40. The lowest BCUT2D eigenvalue weighted by Crippen LogP contribution is -2.45. The normalized spacial score (nSPS) is 15.0. The van der Waals surface area contributed by atoms with E-state index in [2.05, 4.69) is 25.3 Å². The summed E-state index contributed by atoms with van der Waals surface area (Å²) in [4.78, 5) is 23.1. The number of thiophene rings is 1. The van der Waals surface area contributed by atoms with E-state index >= 15 is 0 Å². The zero-order chi connectivity index (χ0) is 18.5. The summed E-state index contributed by atoms with van der Waals surface area (Å²) in [7, 11) is 0. The summed E-state index contributed by atoms with van der Waals surface area (Å²) in [6, 6.07) is 5.59. The van der Waals surface area contributed by atoms with E-state index in [-0.39, 0.29) is 5.91 Å². The molecule has 2 N–H and O–H groups in total. The number of hydrogen-bond donors (Lipinski definition) is 2. The lowest BCUT2D eigenvalue weighted by atomic mass is 9.99. The van der Waals surface area contributed by atoms with Crippen LogP contribution in [0.3, 0.4) is 0 Å². The third kappa shape index (κ3) is 4.45. The number of aromatic amines is 1. The minimum absolute atomic E-state index is 0.175. The minimum atomic E-state index is -0.175. The van der Waals surface area contributed by atoms with Crippen molar-refractivity contribution in [1.82, 2.24) is 25.3 Å². The number of rotatable bonds is 9. The third-order valence-corrected chi connectivity index (χ3v) is 5.69. The molecule has 0 spiro atoms. The summed E-state index contributed by atoms with van der Waals surface area (Å²) in [5.41, 5.74) is 0.336. The maximum Gasteiger partial charge on any atom is 0.273 e. The molecular weight excluding hydrogens is 362 g/mol. The molecule has 0 unspecified atom stereocenters. The molecule has 142 valence electrons. The fourth-order valence-electron chi connectivity index (χ4n) is 3.27. The molecule has 0 aromatic carbocycles. The molecule has 7 nitrogen and oxygen atoms in total. The Bertz CT molecular complexity index is 837. The van der Waals surface area contributed by atoms with E-state index in [0.29, 0.717) is 23.9 Å². The van der Waals surface area contributed by atoms with E-state index in [0.717, 1.165) is 49.6 Å². The number of carbonyl (C=O) groups is 1. The zero-order valence-corrected chi connectivity index (χ0v) is 15.9. The van der Waals surface area contributed by atoms with Crippen LogP contribution >= 0.6 is 11.3 Å². The van der Waals surface area contributed by atoms with Crippen LogP contribution in [-0.4, -0.2) is 52.1 Å². The van der Waals surface area contributed by atoms with Crippen molar-refractivity contribution in [3.63, 3.8) is 0 Å². The molecule has 0 aliphatic carbocycles. The van der Waals surface area contributed by atoms with Crippen LogP contribution in [0.4, 0.5) is 0 Å². The SMILES string of the molecule is O=C(NCCCCCN1CC(c2ncc[nH]2)C1)c1cc(-c2cccs2)on1. The Hall–Kier alpha value is -2.45. The molecule has 4 heterocycles. The van der Waals surface area contributed by atoms with Crippen molar-refractivity contribution >= 4 is 17.2 Å². The second kappa shape index (κ2) is 8.49. The van der Waals surface area contributed by atoms with E-state index in [9.17, 15) is 4.79 Å². The number of carbonyl (C=O) groups excluding carboxylic acids is 1. The molecule has 0 saturated carbocycles. The van der Waals surface area contributed by atoms with E-state index < -0.39 is 0 Å². The number of aromatic nitrogens is 3. The van der Waals surface area contributed by atoms with Gasteiger partial charge in [0.15, 0.2) is 11.5 Å². The Morgan fingerprint density at radius 2 is 2.30 bits per heavy atom. The summed E-state index contributed by atoms with van der Waals surface area (Å²) in [5.74, 6) is 2.12. The van der Waals surface area contributed by atoms with Crippen LogP contribution in [0.15, 0.2) is 40.5 Å². The highest BCUT2D eigenvalue weighted by molar-refractivity contribution is 7.13. The quantitative estimate of drug-likeness (QED) is 0.553. The predicted molar refractivity (Wildman–Crippen MR) is 104 cm³/mol. The monoisotopic (exact) mass is 385 g/mol. The van der Waals surface area contributed by atoms with Crippen LogP contribution < -0.4 is 5.32 Å². The second-order valence-corrected chi connectivity index (χ2v) is 7.75. The molecule has 3 aromatic heterocycles. The highest BCUT2D eigenvalue weighted by Gasteiger charge is 2.28. The minimum Gasteiger partial charge on any atom is -0.355 e. The number of amides is 1. The summed E-state index contributed by atoms with van der Waals surface area (Å²) >= 11 is 1.56. The van der Waals surface area contributed by atoms with Crippen molar-refractivity contribution in [3.05, 3.63) is 47.5 Å². The molecule has 4 rings (SSSR count). The highest BCUT2D eigenvalue weighted by atomic mass is 32.1. The van der Waals surface area contributed by atoms with Crippen molar-refractivity contribution in [2.45, 2.75) is 25.2 Å². The van der Waals surface area contributed by atoms with E-state index in [1.165, 1.54) is 0 Å². The van der Waals surface area contributed by atoms with Crippen LogP contribution in [0.2, 0.25) is 0 Å². The number of likely N-dealkylation sites (tertiary alicyclic amines) is 1. The average molecular weight is 385 g/mol. The first-order chi connectivity index (χ1) is 13.3. The molecular formula is C19H23N5O2S. The van der Waals surface area contributed by atoms with Gasteiger partial charge in [0.05, 0.1) is 4.88 Å². The van der Waals surface area contributed by atoms with E-state index in [4.69, 9.17) is 4.52 Å². The highest BCUT2D eigenvalue weighted by Crippen LogP contribution is 2.25. The molecule has 8 heteroatoms. The van der Waals surface area contributed by atoms with Crippen molar-refractivity contribution in [1.29, 1.82) is 0 Å². The molecule has 1 fully saturated rings. The van der Waals surface area contributed by atoms with Crippen LogP contribution in [-0.2, 0) is 0 Å². The molecule has 1 aliphatic heterocycles. The fraction of sp³-hybridized carbons (Fsp3) is 0.421. The first kappa shape index (κ1) is 17.9. The maximum atomic E-state index is 12.1. The van der Waals surface area contributed by atoms with Crippen molar-refractivity contribution in [2.24, 2.45) is 0 Å². The van der Waals surface area contributed by atoms with Crippen molar-refractivity contribution in [3.8, 4) is 10.6 Å². The van der Waals surface area contributed by atoms with Gasteiger partial charge in [-0.05, 0) is 30.8 Å². The molecule has 0 atom stereocenters. The second-order valence-electron chi connectivity index (χ2n) is 6.80. The van der Waals surface area contributed by atoms with Crippen molar-refractivity contribution in [2.75, 3.05) is 26.2 Å². The Labute approximate surface area is 161 Å². The van der Waals surface area contributed by atoms with Gasteiger partial charge in [0.25, 0.3) is 5.91 Å². The first-order valence-electron chi connectivity index (χ1n) is 9.30. The van der Waals surface area contributed by atoms with Gasteiger partial charge in [-0.2, -0.15) is 0 Å². The zero-order valence-electron chi connectivity index (χ0n) is 15.1. The van der Waals surface area contributed by atoms with E-state index in [1.807, 2.05) is 29.9 Å². The number of hydrogen-bond acceptors (Lipinski definition) is 6. The maximum absolute atomic E-state index is 12.1. The van der Waals surface area contributed by atoms with Gasteiger partial charge in [-0.1, -0.05) is 17.6 Å². The molecule has 1 saturated heterocycles. The van der Waals surface area contributed by atoms with Crippen LogP contribution in [0.5, 0.6) is 0 Å². The number of nitrogens with zero attached hydrogens (tertiary/aromatic N) is 3. The van der Waals surface area contributed by atoms with Gasteiger partial charge < -0.3 is 19.7 Å². The first-order valence-corrected chi connectivity index (χ1v) is 10.2. The topological polar surface area (TPSA) is 87.0 Å². The number of imidazole rings is 1. The van der Waals surface area contributed by atoms with Crippen LogP contribution in [0, 0.1) is 0 Å². The number of H-pyrrole nitrogens is 1. The smallest absolute Gasteiger partial charge is 0.273 e. The predicted octanol–water partition coefficient (Wildman–Crippen LogP) is 3.13. The lowest BCUT2D eigenvalue weighted by Gasteiger charge is -2.38. The molecule has 0 bridgehead atoms. The molecule has 27 heavy (non-hydrogen) atoms. The summed E-state index contributed by atoms with van der Waals surface area (Å²) in [6.45, 7) is 3.94.